The van der Waals surface area contributed by atoms with E-state index in [-0.39, 0.29) is 11.7 Å². The first-order chi connectivity index (χ1) is 16.5. The maximum Gasteiger partial charge on any atom is 0.335 e. The highest BCUT2D eigenvalue weighted by Gasteiger charge is 2.17. The zero-order valence-corrected chi connectivity index (χ0v) is 18.6. The Balaban J connectivity index is 1.65. The van der Waals surface area contributed by atoms with Gasteiger partial charge in [-0.1, -0.05) is 6.07 Å². The van der Waals surface area contributed by atoms with Crippen molar-refractivity contribution in [1.82, 2.24) is 24.7 Å². The van der Waals surface area contributed by atoms with Crippen LogP contribution in [-0.2, 0) is 0 Å². The molecule has 0 radical (unpaired) electrons. The predicted octanol–water partition coefficient (Wildman–Crippen LogP) is 5.03. The molecule has 0 fully saturated rings. The van der Waals surface area contributed by atoms with Gasteiger partial charge >= 0.3 is 5.97 Å². The Hall–Kier alpha value is -4.59. The summed E-state index contributed by atoms with van der Waals surface area (Å²) in [5.74, 6) is 0.824. The molecule has 8 nitrogen and oxygen atoms in total. The highest BCUT2D eigenvalue weighted by atomic mass is 16.5. The van der Waals surface area contributed by atoms with Crippen molar-refractivity contribution in [3.05, 3.63) is 84.7 Å². The zero-order chi connectivity index (χ0) is 23.7. The van der Waals surface area contributed by atoms with Gasteiger partial charge in [-0.05, 0) is 74.5 Å². The largest absolute Gasteiger partial charge is 0.491 e. The topological polar surface area (TPSA) is 103 Å². The fraction of sp³-hybridized carbons (Fsp3) is 0.115. The van der Waals surface area contributed by atoms with Gasteiger partial charge in [0.1, 0.15) is 5.75 Å². The van der Waals surface area contributed by atoms with Crippen LogP contribution in [0, 0.1) is 0 Å². The summed E-state index contributed by atoms with van der Waals surface area (Å²) in [4.78, 5) is 25.1. The van der Waals surface area contributed by atoms with Gasteiger partial charge in [0.25, 0.3) is 0 Å². The number of nitrogens with zero attached hydrogens (tertiary/aromatic N) is 5. The fourth-order valence-electron chi connectivity index (χ4n) is 3.63. The summed E-state index contributed by atoms with van der Waals surface area (Å²) >= 11 is 0. The van der Waals surface area contributed by atoms with E-state index in [2.05, 4.69) is 9.97 Å². The molecule has 0 amide bonds. The van der Waals surface area contributed by atoms with Crippen molar-refractivity contribution in [1.29, 1.82) is 0 Å². The molecule has 0 saturated carbocycles. The van der Waals surface area contributed by atoms with Crippen molar-refractivity contribution >= 4 is 17.0 Å². The van der Waals surface area contributed by atoms with E-state index in [9.17, 15) is 9.90 Å². The number of ether oxygens (including phenoxy) is 1. The molecule has 5 aromatic rings. The number of rotatable bonds is 6. The summed E-state index contributed by atoms with van der Waals surface area (Å²) in [7, 11) is 0. The van der Waals surface area contributed by atoms with Gasteiger partial charge in [0.15, 0.2) is 11.6 Å². The van der Waals surface area contributed by atoms with E-state index in [0.717, 1.165) is 27.9 Å². The Kier molecular flexibility index (Phi) is 5.47. The van der Waals surface area contributed by atoms with Gasteiger partial charge in [-0.3, -0.25) is 9.97 Å². The van der Waals surface area contributed by atoms with Gasteiger partial charge in [-0.2, -0.15) is 0 Å². The Bertz CT molecular complexity index is 1490. The Morgan fingerprint density at radius 1 is 0.912 bits per heavy atom. The van der Waals surface area contributed by atoms with Crippen LogP contribution in [0.5, 0.6) is 5.75 Å². The molecular weight excluding hydrogens is 430 g/mol. The number of carboxylic acid groups (broad SMARTS) is 1. The number of hydrogen-bond acceptors (Lipinski definition) is 6. The molecule has 0 spiro atoms. The van der Waals surface area contributed by atoms with Gasteiger partial charge in [-0.15, -0.1) is 5.10 Å². The molecule has 8 heteroatoms. The normalized spacial score (nSPS) is 11.1. The first-order valence-electron chi connectivity index (χ1n) is 10.8. The van der Waals surface area contributed by atoms with E-state index < -0.39 is 5.97 Å². The van der Waals surface area contributed by atoms with Gasteiger partial charge < -0.3 is 9.84 Å². The minimum absolute atomic E-state index is 0.0762. The molecule has 5 rings (SSSR count). The fourth-order valence-corrected chi connectivity index (χ4v) is 3.63. The summed E-state index contributed by atoms with van der Waals surface area (Å²) < 4.78 is 7.39. The molecular formula is C26H21N5O3. The van der Waals surface area contributed by atoms with Crippen molar-refractivity contribution in [3.63, 3.8) is 0 Å². The SMILES string of the molecule is CC(C)Oc1ccc(-c2nc(-c3ccc4nccnc4c3)n(-c3cccc(C(=O)O)c3)n2)cc1. The number of aromatic carboxylic acids is 1. The summed E-state index contributed by atoms with van der Waals surface area (Å²) in [5, 5.41) is 14.2. The third-order valence-corrected chi connectivity index (χ3v) is 5.16. The van der Waals surface area contributed by atoms with Crippen LogP contribution in [0.4, 0.5) is 0 Å². The van der Waals surface area contributed by atoms with Crippen LogP contribution in [0.1, 0.15) is 24.2 Å². The monoisotopic (exact) mass is 451 g/mol. The second-order valence-corrected chi connectivity index (χ2v) is 7.98. The standard InChI is InChI=1S/C26H21N5O3/c1-16(2)34-21-9-6-17(7-10-21)24-29-25(18-8-11-22-23(15-18)28-13-12-27-22)31(30-24)20-5-3-4-19(14-20)26(32)33/h3-16H,1-2H3,(H,32,33). The van der Waals surface area contributed by atoms with Gasteiger partial charge in [-0.25, -0.2) is 14.5 Å². The number of carboxylic acids is 1. The van der Waals surface area contributed by atoms with Crippen LogP contribution >= 0.6 is 0 Å². The predicted molar refractivity (Wildman–Crippen MR) is 128 cm³/mol. The van der Waals surface area contributed by atoms with Gasteiger partial charge in [0, 0.05) is 23.5 Å². The lowest BCUT2D eigenvalue weighted by Crippen LogP contribution is -2.05. The van der Waals surface area contributed by atoms with E-state index >= 15 is 0 Å². The molecule has 0 saturated heterocycles. The molecule has 168 valence electrons. The summed E-state index contributed by atoms with van der Waals surface area (Å²) in [5.41, 5.74) is 3.85. The number of hydrogen-bond donors (Lipinski definition) is 1. The molecule has 0 aliphatic rings. The smallest absolute Gasteiger partial charge is 0.335 e. The molecule has 0 unspecified atom stereocenters. The molecule has 0 bridgehead atoms. The maximum absolute atomic E-state index is 11.5. The lowest BCUT2D eigenvalue weighted by atomic mass is 10.1. The molecule has 34 heavy (non-hydrogen) atoms. The third kappa shape index (κ3) is 4.21. The van der Waals surface area contributed by atoms with E-state index in [0.29, 0.717) is 17.3 Å². The number of fused-ring (bicyclic) bond motifs is 1. The average molecular weight is 451 g/mol. The number of aromatic nitrogens is 5. The minimum Gasteiger partial charge on any atom is -0.491 e. The average Bonchev–Trinajstić information content (AvgIpc) is 3.29. The van der Waals surface area contributed by atoms with Crippen LogP contribution in [0.15, 0.2) is 79.1 Å². The van der Waals surface area contributed by atoms with Crippen LogP contribution in [0.2, 0.25) is 0 Å². The quantitative estimate of drug-likeness (QED) is 0.386. The number of benzene rings is 3. The Labute approximate surface area is 195 Å². The Morgan fingerprint density at radius 2 is 1.65 bits per heavy atom. The van der Waals surface area contributed by atoms with Crippen LogP contribution in [-0.4, -0.2) is 41.9 Å². The second kappa shape index (κ2) is 8.74. The van der Waals surface area contributed by atoms with Crippen molar-refractivity contribution in [2.75, 3.05) is 0 Å². The van der Waals surface area contributed by atoms with E-state index in [1.165, 1.54) is 0 Å². The molecule has 2 heterocycles. The summed E-state index contributed by atoms with van der Waals surface area (Å²) in [6.07, 6.45) is 3.36. The third-order valence-electron chi connectivity index (χ3n) is 5.16. The first-order valence-corrected chi connectivity index (χ1v) is 10.8. The van der Waals surface area contributed by atoms with Crippen LogP contribution < -0.4 is 4.74 Å². The highest BCUT2D eigenvalue weighted by molar-refractivity contribution is 5.88. The second-order valence-electron chi connectivity index (χ2n) is 7.98. The first kappa shape index (κ1) is 21.3. The molecule has 0 aliphatic carbocycles. The molecule has 3 aromatic carbocycles. The summed E-state index contributed by atoms with van der Waals surface area (Å²) in [6, 6.07) is 19.9. The van der Waals surface area contributed by atoms with Crippen LogP contribution in [0.3, 0.4) is 0 Å². The minimum atomic E-state index is -1.01. The lowest BCUT2D eigenvalue weighted by molar-refractivity contribution is 0.0697. The Morgan fingerprint density at radius 3 is 2.38 bits per heavy atom. The molecule has 0 atom stereocenters. The van der Waals surface area contributed by atoms with Gasteiger partial charge in [0.2, 0.25) is 0 Å². The van der Waals surface area contributed by atoms with Crippen molar-refractivity contribution in [3.8, 4) is 34.2 Å². The van der Waals surface area contributed by atoms with Gasteiger partial charge in [0.05, 0.1) is 28.4 Å². The molecule has 2 aromatic heterocycles. The summed E-state index contributed by atoms with van der Waals surface area (Å²) in [6.45, 7) is 3.95. The van der Waals surface area contributed by atoms with E-state index in [1.54, 1.807) is 41.3 Å². The zero-order valence-electron chi connectivity index (χ0n) is 18.6. The van der Waals surface area contributed by atoms with Crippen LogP contribution in [0.25, 0.3) is 39.5 Å². The van der Waals surface area contributed by atoms with E-state index in [1.807, 2.05) is 56.3 Å². The molecule has 0 aliphatic heterocycles. The van der Waals surface area contributed by atoms with E-state index in [4.69, 9.17) is 14.8 Å². The van der Waals surface area contributed by atoms with Crippen molar-refractivity contribution in [2.45, 2.75) is 20.0 Å². The van der Waals surface area contributed by atoms with Crippen molar-refractivity contribution in [2.24, 2.45) is 0 Å². The maximum atomic E-state index is 11.5. The number of carbonyl (C=O) groups is 1. The lowest BCUT2D eigenvalue weighted by Gasteiger charge is -2.09. The molecule has 1 N–H and O–H groups in total. The highest BCUT2D eigenvalue weighted by Crippen LogP contribution is 2.28. The van der Waals surface area contributed by atoms with Crippen molar-refractivity contribution < 1.29 is 14.6 Å².